The molecule has 0 aliphatic carbocycles. The summed E-state index contributed by atoms with van der Waals surface area (Å²) in [7, 11) is -4.06. The van der Waals surface area contributed by atoms with Crippen molar-refractivity contribution < 1.29 is 21.8 Å². The molecular weight excluding hydrogens is 282 g/mol. The monoisotopic (exact) mass is 297 g/mol. The SMILES string of the molecule is CCCOc1cc(C)cc(OS(=O)(=O)c2ncco2)c1. The predicted molar refractivity (Wildman–Crippen MR) is 71.3 cm³/mol. The highest BCUT2D eigenvalue weighted by atomic mass is 32.2. The number of benzene rings is 1. The summed E-state index contributed by atoms with van der Waals surface area (Å²) in [6, 6.07) is 4.92. The van der Waals surface area contributed by atoms with E-state index in [9.17, 15) is 8.42 Å². The van der Waals surface area contributed by atoms with Gasteiger partial charge in [-0.25, -0.2) is 4.98 Å². The first kappa shape index (κ1) is 14.4. The third-order valence-corrected chi connectivity index (χ3v) is 3.37. The number of nitrogens with zero attached hydrogens (tertiary/aromatic N) is 1. The largest absolute Gasteiger partial charge is 0.493 e. The van der Waals surface area contributed by atoms with E-state index in [1.165, 1.54) is 18.5 Å². The minimum absolute atomic E-state index is 0.161. The van der Waals surface area contributed by atoms with Gasteiger partial charge in [0.25, 0.3) is 0 Å². The van der Waals surface area contributed by atoms with Gasteiger partial charge in [-0.15, -0.1) is 0 Å². The third kappa shape index (κ3) is 3.51. The van der Waals surface area contributed by atoms with Crippen LogP contribution in [0.3, 0.4) is 0 Å². The molecule has 0 atom stereocenters. The predicted octanol–water partition coefficient (Wildman–Crippen LogP) is 2.54. The van der Waals surface area contributed by atoms with Crippen molar-refractivity contribution in [2.75, 3.05) is 6.61 Å². The Hall–Kier alpha value is -2.02. The van der Waals surface area contributed by atoms with Crippen LogP contribution in [-0.2, 0) is 10.1 Å². The zero-order valence-electron chi connectivity index (χ0n) is 11.2. The smallest absolute Gasteiger partial charge is 0.392 e. The van der Waals surface area contributed by atoms with Crippen molar-refractivity contribution in [1.82, 2.24) is 4.98 Å². The van der Waals surface area contributed by atoms with Crippen LogP contribution in [0.25, 0.3) is 0 Å². The Morgan fingerprint density at radius 3 is 2.65 bits per heavy atom. The van der Waals surface area contributed by atoms with Crippen LogP contribution in [0, 0.1) is 6.92 Å². The van der Waals surface area contributed by atoms with Crippen molar-refractivity contribution in [2.24, 2.45) is 0 Å². The van der Waals surface area contributed by atoms with Crippen LogP contribution in [-0.4, -0.2) is 20.0 Å². The van der Waals surface area contributed by atoms with Gasteiger partial charge in [-0.2, -0.15) is 8.42 Å². The highest BCUT2D eigenvalue weighted by Crippen LogP contribution is 2.25. The molecule has 2 aromatic rings. The summed E-state index contributed by atoms with van der Waals surface area (Å²) in [5, 5.41) is -0.477. The maximum Gasteiger partial charge on any atom is 0.392 e. The first-order valence-electron chi connectivity index (χ1n) is 6.10. The van der Waals surface area contributed by atoms with Crippen LogP contribution in [0.15, 0.2) is 40.3 Å². The van der Waals surface area contributed by atoms with Crippen LogP contribution < -0.4 is 8.92 Å². The number of oxazole rings is 1. The second-order valence-electron chi connectivity index (χ2n) is 4.17. The molecule has 0 bridgehead atoms. The molecule has 6 nitrogen and oxygen atoms in total. The summed E-state index contributed by atoms with van der Waals surface area (Å²) in [4.78, 5) is 3.57. The van der Waals surface area contributed by atoms with Gasteiger partial charge in [0.05, 0.1) is 12.8 Å². The first-order valence-corrected chi connectivity index (χ1v) is 7.50. The molecule has 0 aliphatic rings. The Balaban J connectivity index is 2.23. The van der Waals surface area contributed by atoms with Gasteiger partial charge < -0.3 is 13.3 Å². The van der Waals surface area contributed by atoms with Crippen LogP contribution >= 0.6 is 0 Å². The van der Waals surface area contributed by atoms with Crippen molar-refractivity contribution in [3.8, 4) is 11.5 Å². The van der Waals surface area contributed by atoms with Gasteiger partial charge in [-0.3, -0.25) is 0 Å². The van der Waals surface area contributed by atoms with E-state index in [2.05, 4.69) is 4.98 Å². The standard InChI is InChI=1S/C13H15NO5S/c1-3-5-17-11-7-10(2)8-12(9-11)19-20(15,16)13-14-4-6-18-13/h4,6-9H,3,5H2,1-2H3. The third-order valence-electron chi connectivity index (χ3n) is 2.33. The number of hydrogen-bond acceptors (Lipinski definition) is 6. The van der Waals surface area contributed by atoms with Gasteiger partial charge in [-0.1, -0.05) is 6.92 Å². The number of hydrogen-bond donors (Lipinski definition) is 0. The van der Waals surface area contributed by atoms with E-state index in [0.29, 0.717) is 12.4 Å². The minimum Gasteiger partial charge on any atom is -0.493 e. The molecule has 0 unspecified atom stereocenters. The molecule has 0 radical (unpaired) electrons. The molecule has 0 fully saturated rings. The number of aromatic nitrogens is 1. The number of ether oxygens (including phenoxy) is 1. The molecule has 20 heavy (non-hydrogen) atoms. The summed E-state index contributed by atoms with van der Waals surface area (Å²) >= 11 is 0. The molecule has 0 saturated heterocycles. The summed E-state index contributed by atoms with van der Waals surface area (Å²) in [6.45, 7) is 4.36. The lowest BCUT2D eigenvalue weighted by molar-refractivity contribution is 0.316. The van der Waals surface area contributed by atoms with E-state index in [0.717, 1.165) is 12.0 Å². The maximum atomic E-state index is 11.9. The fraction of sp³-hybridized carbons (Fsp3) is 0.308. The van der Waals surface area contributed by atoms with Gasteiger partial charge in [-0.05, 0) is 31.0 Å². The molecule has 1 heterocycles. The van der Waals surface area contributed by atoms with Crippen molar-refractivity contribution in [2.45, 2.75) is 25.5 Å². The van der Waals surface area contributed by atoms with E-state index in [-0.39, 0.29) is 5.75 Å². The number of aryl methyl sites for hydroxylation is 1. The van der Waals surface area contributed by atoms with Crippen LogP contribution in [0.5, 0.6) is 11.5 Å². The van der Waals surface area contributed by atoms with Crippen molar-refractivity contribution >= 4 is 10.1 Å². The molecule has 0 aliphatic heterocycles. The van der Waals surface area contributed by atoms with Gasteiger partial charge in [0.1, 0.15) is 17.8 Å². The molecule has 0 N–H and O–H groups in total. The minimum atomic E-state index is -4.06. The summed E-state index contributed by atoms with van der Waals surface area (Å²) < 4.78 is 39.0. The highest BCUT2D eigenvalue weighted by Gasteiger charge is 2.22. The quantitative estimate of drug-likeness (QED) is 0.762. The fourth-order valence-corrected chi connectivity index (χ4v) is 2.35. The molecule has 0 amide bonds. The van der Waals surface area contributed by atoms with Crippen molar-refractivity contribution in [3.63, 3.8) is 0 Å². The van der Waals surface area contributed by atoms with Gasteiger partial charge in [0.15, 0.2) is 0 Å². The molecule has 108 valence electrons. The lowest BCUT2D eigenvalue weighted by Gasteiger charge is -2.09. The zero-order chi connectivity index (χ0) is 14.6. The van der Waals surface area contributed by atoms with Crippen LogP contribution in [0.2, 0.25) is 0 Å². The Labute approximate surface area is 117 Å². The van der Waals surface area contributed by atoms with Gasteiger partial charge in [0.2, 0.25) is 0 Å². The molecule has 7 heteroatoms. The molecule has 1 aromatic carbocycles. The summed E-state index contributed by atoms with van der Waals surface area (Å²) in [6.07, 6.45) is 3.27. The summed E-state index contributed by atoms with van der Waals surface area (Å²) in [5.41, 5.74) is 0.830. The molecule has 0 saturated carbocycles. The maximum absolute atomic E-state index is 11.9. The zero-order valence-corrected chi connectivity index (χ0v) is 12.0. The fourth-order valence-electron chi connectivity index (χ4n) is 1.56. The topological polar surface area (TPSA) is 78.6 Å². The second kappa shape index (κ2) is 5.96. The van der Waals surface area contributed by atoms with E-state index < -0.39 is 15.3 Å². The Bertz CT molecular complexity index is 664. The van der Waals surface area contributed by atoms with Gasteiger partial charge in [0, 0.05) is 6.07 Å². The Morgan fingerprint density at radius 1 is 1.25 bits per heavy atom. The van der Waals surface area contributed by atoms with E-state index in [4.69, 9.17) is 13.3 Å². The molecule has 2 rings (SSSR count). The van der Waals surface area contributed by atoms with E-state index in [1.807, 2.05) is 13.8 Å². The Morgan fingerprint density at radius 2 is 2.00 bits per heavy atom. The van der Waals surface area contributed by atoms with Crippen LogP contribution in [0.4, 0.5) is 0 Å². The van der Waals surface area contributed by atoms with E-state index in [1.54, 1.807) is 12.1 Å². The summed E-state index contributed by atoms with van der Waals surface area (Å²) in [5.74, 6) is 0.721. The second-order valence-corrected chi connectivity index (χ2v) is 5.59. The molecular formula is C13H15NO5S. The highest BCUT2D eigenvalue weighted by molar-refractivity contribution is 7.86. The van der Waals surface area contributed by atoms with Gasteiger partial charge >= 0.3 is 15.3 Å². The average Bonchev–Trinajstić information content (AvgIpc) is 2.89. The van der Waals surface area contributed by atoms with E-state index >= 15 is 0 Å². The molecule has 0 spiro atoms. The first-order chi connectivity index (χ1) is 9.51. The molecule has 1 aromatic heterocycles. The lowest BCUT2D eigenvalue weighted by atomic mass is 10.2. The van der Waals surface area contributed by atoms with Crippen LogP contribution in [0.1, 0.15) is 18.9 Å². The van der Waals surface area contributed by atoms with Crippen molar-refractivity contribution in [3.05, 3.63) is 36.2 Å². The van der Waals surface area contributed by atoms with Crippen molar-refractivity contribution in [1.29, 1.82) is 0 Å². The lowest BCUT2D eigenvalue weighted by Crippen LogP contribution is -2.10. The Kier molecular flexibility index (Phi) is 4.29. The number of rotatable bonds is 6. The normalized spacial score (nSPS) is 11.3. The average molecular weight is 297 g/mol.